The van der Waals surface area contributed by atoms with Crippen molar-refractivity contribution in [3.8, 4) is 17.2 Å². The standard InChI is InChI=1S/C33H43N3O7S/c1-9-28(32(38)34-33(3,4)5)35(21-24-12-15-26(41-6)16-13-24)31(37)22-36(25-14-19-29(42-7)30(20-25)43-8)44(39,40)27-17-10-23(2)11-18-27/h10-20,28H,9,21-22H2,1-8H3,(H,34,38). The minimum absolute atomic E-state index is 0.0184. The number of amides is 2. The van der Waals surface area contributed by atoms with Gasteiger partial charge in [-0.25, -0.2) is 8.42 Å². The topological polar surface area (TPSA) is 114 Å². The summed E-state index contributed by atoms with van der Waals surface area (Å²) < 4.78 is 45.4. The van der Waals surface area contributed by atoms with Crippen molar-refractivity contribution in [3.63, 3.8) is 0 Å². The molecule has 0 heterocycles. The molecule has 0 bridgehead atoms. The van der Waals surface area contributed by atoms with Crippen molar-refractivity contribution in [2.75, 3.05) is 32.2 Å². The van der Waals surface area contributed by atoms with Crippen LogP contribution in [-0.2, 0) is 26.2 Å². The van der Waals surface area contributed by atoms with Crippen LogP contribution in [0.15, 0.2) is 71.6 Å². The molecule has 0 aliphatic carbocycles. The summed E-state index contributed by atoms with van der Waals surface area (Å²) in [5.41, 5.74) is 1.30. The van der Waals surface area contributed by atoms with Crippen molar-refractivity contribution in [3.05, 3.63) is 77.9 Å². The number of hydrogen-bond acceptors (Lipinski definition) is 7. The molecule has 10 nitrogen and oxygen atoms in total. The Hall–Kier alpha value is -4.25. The van der Waals surface area contributed by atoms with E-state index in [1.807, 2.05) is 46.8 Å². The summed E-state index contributed by atoms with van der Waals surface area (Å²) in [4.78, 5) is 29.2. The first kappa shape index (κ1) is 34.2. The molecule has 1 N–H and O–H groups in total. The largest absolute Gasteiger partial charge is 0.497 e. The molecule has 0 spiro atoms. The van der Waals surface area contributed by atoms with Gasteiger partial charge in [0.1, 0.15) is 18.3 Å². The monoisotopic (exact) mass is 625 g/mol. The number of rotatable bonds is 13. The number of hydrogen-bond donors (Lipinski definition) is 1. The maximum Gasteiger partial charge on any atom is 0.264 e. The normalized spacial score (nSPS) is 12.2. The van der Waals surface area contributed by atoms with Crippen molar-refractivity contribution in [2.24, 2.45) is 0 Å². The van der Waals surface area contributed by atoms with E-state index in [1.165, 1.54) is 37.3 Å². The van der Waals surface area contributed by atoms with Gasteiger partial charge in [0.05, 0.1) is 31.9 Å². The fourth-order valence-corrected chi connectivity index (χ4v) is 6.05. The van der Waals surface area contributed by atoms with E-state index in [0.29, 0.717) is 23.7 Å². The van der Waals surface area contributed by atoms with Gasteiger partial charge in [-0.1, -0.05) is 36.8 Å². The zero-order valence-corrected chi connectivity index (χ0v) is 27.5. The molecule has 0 fully saturated rings. The van der Waals surface area contributed by atoms with Crippen molar-refractivity contribution in [2.45, 2.75) is 64.1 Å². The lowest BCUT2D eigenvalue weighted by Gasteiger charge is -2.35. The molecule has 0 saturated carbocycles. The molecule has 238 valence electrons. The van der Waals surface area contributed by atoms with Gasteiger partial charge in [0.2, 0.25) is 11.8 Å². The SMILES string of the molecule is CCC(C(=O)NC(C)(C)C)N(Cc1ccc(OC)cc1)C(=O)CN(c1ccc(OC)c(OC)c1)S(=O)(=O)c1ccc(C)cc1. The highest BCUT2D eigenvalue weighted by Crippen LogP contribution is 2.34. The molecule has 0 aromatic heterocycles. The Morgan fingerprint density at radius 1 is 0.864 bits per heavy atom. The quantitative estimate of drug-likeness (QED) is 0.286. The number of nitrogens with zero attached hydrogens (tertiary/aromatic N) is 2. The van der Waals surface area contributed by atoms with E-state index in [-0.39, 0.29) is 23.0 Å². The number of aryl methyl sites for hydroxylation is 1. The Kier molecular flexibility index (Phi) is 11.3. The zero-order valence-electron chi connectivity index (χ0n) is 26.7. The lowest BCUT2D eigenvalue weighted by Crippen LogP contribution is -2.55. The number of nitrogens with one attached hydrogen (secondary N) is 1. The Morgan fingerprint density at radius 2 is 1.48 bits per heavy atom. The first-order chi connectivity index (χ1) is 20.7. The molecule has 3 aromatic carbocycles. The van der Waals surface area contributed by atoms with Crippen LogP contribution in [0.5, 0.6) is 17.2 Å². The smallest absolute Gasteiger partial charge is 0.264 e. The van der Waals surface area contributed by atoms with Crippen LogP contribution < -0.4 is 23.8 Å². The third kappa shape index (κ3) is 8.43. The molecular formula is C33H43N3O7S. The van der Waals surface area contributed by atoms with Gasteiger partial charge in [-0.15, -0.1) is 0 Å². The molecule has 2 amide bonds. The summed E-state index contributed by atoms with van der Waals surface area (Å²) in [5.74, 6) is 0.463. The highest BCUT2D eigenvalue weighted by atomic mass is 32.2. The fraction of sp³-hybridized carbons (Fsp3) is 0.394. The van der Waals surface area contributed by atoms with Crippen molar-refractivity contribution < 1.29 is 32.2 Å². The van der Waals surface area contributed by atoms with Gasteiger partial charge in [0.25, 0.3) is 10.0 Å². The average molecular weight is 626 g/mol. The summed E-state index contributed by atoms with van der Waals surface area (Å²) in [6, 6.07) is 17.3. The van der Waals surface area contributed by atoms with E-state index in [1.54, 1.807) is 43.5 Å². The third-order valence-electron chi connectivity index (χ3n) is 6.94. The summed E-state index contributed by atoms with van der Waals surface area (Å²) in [6.45, 7) is 8.76. The number of methoxy groups -OCH3 is 3. The molecule has 3 rings (SSSR count). The van der Waals surface area contributed by atoms with Gasteiger partial charge in [-0.05, 0) is 76.1 Å². The van der Waals surface area contributed by atoms with Crippen molar-refractivity contribution in [1.29, 1.82) is 0 Å². The van der Waals surface area contributed by atoms with Crippen LogP contribution in [-0.4, -0.2) is 64.6 Å². The van der Waals surface area contributed by atoms with E-state index in [0.717, 1.165) is 15.4 Å². The zero-order chi connectivity index (χ0) is 32.7. The van der Waals surface area contributed by atoms with Gasteiger partial charge < -0.3 is 24.4 Å². The first-order valence-corrected chi connectivity index (χ1v) is 15.7. The molecule has 0 aliphatic rings. The van der Waals surface area contributed by atoms with Gasteiger partial charge in [0.15, 0.2) is 11.5 Å². The number of anilines is 1. The van der Waals surface area contributed by atoms with Gasteiger partial charge in [0, 0.05) is 18.2 Å². The number of sulfonamides is 1. The van der Waals surface area contributed by atoms with Gasteiger partial charge in [-0.2, -0.15) is 0 Å². The van der Waals surface area contributed by atoms with Crippen molar-refractivity contribution >= 4 is 27.5 Å². The van der Waals surface area contributed by atoms with E-state index >= 15 is 0 Å². The van der Waals surface area contributed by atoms with E-state index in [2.05, 4.69) is 5.32 Å². The van der Waals surface area contributed by atoms with Gasteiger partial charge >= 0.3 is 0 Å². The summed E-state index contributed by atoms with van der Waals surface area (Å²) in [5, 5.41) is 2.97. The van der Waals surface area contributed by atoms with E-state index in [4.69, 9.17) is 14.2 Å². The summed E-state index contributed by atoms with van der Waals surface area (Å²) >= 11 is 0. The molecule has 3 aromatic rings. The Balaban J connectivity index is 2.12. The number of ether oxygens (including phenoxy) is 3. The third-order valence-corrected chi connectivity index (χ3v) is 8.73. The number of carbonyl (C=O) groups excluding carboxylic acids is 2. The maximum absolute atomic E-state index is 14.3. The lowest BCUT2D eigenvalue weighted by molar-refractivity contribution is -0.141. The lowest BCUT2D eigenvalue weighted by atomic mass is 10.1. The van der Waals surface area contributed by atoms with Crippen LogP contribution in [0, 0.1) is 6.92 Å². The second-order valence-electron chi connectivity index (χ2n) is 11.4. The summed E-state index contributed by atoms with van der Waals surface area (Å²) in [7, 11) is 0.251. The predicted octanol–water partition coefficient (Wildman–Crippen LogP) is 4.94. The van der Waals surface area contributed by atoms with Crippen LogP contribution >= 0.6 is 0 Å². The second-order valence-corrected chi connectivity index (χ2v) is 13.3. The van der Waals surface area contributed by atoms with Crippen LogP contribution in [0.25, 0.3) is 0 Å². The first-order valence-electron chi connectivity index (χ1n) is 14.3. The highest BCUT2D eigenvalue weighted by molar-refractivity contribution is 7.92. The van der Waals surface area contributed by atoms with E-state index < -0.39 is 34.1 Å². The molecule has 0 radical (unpaired) electrons. The average Bonchev–Trinajstić information content (AvgIpc) is 2.98. The Morgan fingerprint density at radius 3 is 2.00 bits per heavy atom. The molecular weight excluding hydrogens is 582 g/mol. The minimum atomic E-state index is -4.23. The number of benzene rings is 3. The molecule has 44 heavy (non-hydrogen) atoms. The Bertz CT molecular complexity index is 1530. The molecule has 0 saturated heterocycles. The minimum Gasteiger partial charge on any atom is -0.497 e. The van der Waals surface area contributed by atoms with Crippen LogP contribution in [0.4, 0.5) is 5.69 Å². The number of carbonyl (C=O) groups is 2. The maximum atomic E-state index is 14.3. The molecule has 11 heteroatoms. The van der Waals surface area contributed by atoms with Crippen molar-refractivity contribution in [1.82, 2.24) is 10.2 Å². The highest BCUT2D eigenvalue weighted by Gasteiger charge is 2.35. The van der Waals surface area contributed by atoms with E-state index in [9.17, 15) is 18.0 Å². The summed E-state index contributed by atoms with van der Waals surface area (Å²) in [6.07, 6.45) is 0.310. The molecule has 1 atom stereocenters. The fourth-order valence-electron chi connectivity index (χ4n) is 4.65. The Labute approximate surface area is 261 Å². The second kappa shape index (κ2) is 14.5. The predicted molar refractivity (Wildman–Crippen MR) is 171 cm³/mol. The van der Waals surface area contributed by atoms with Gasteiger partial charge in [-0.3, -0.25) is 13.9 Å². The molecule has 1 unspecified atom stereocenters. The molecule has 0 aliphatic heterocycles. The van der Waals surface area contributed by atoms with Crippen LogP contribution in [0.2, 0.25) is 0 Å². The van der Waals surface area contributed by atoms with Crippen LogP contribution in [0.1, 0.15) is 45.2 Å². The van der Waals surface area contributed by atoms with Crippen LogP contribution in [0.3, 0.4) is 0 Å².